The van der Waals surface area contributed by atoms with Gasteiger partial charge in [0.2, 0.25) is 0 Å². The minimum absolute atomic E-state index is 0.152. The van der Waals surface area contributed by atoms with E-state index in [9.17, 15) is 4.79 Å². The highest BCUT2D eigenvalue weighted by Gasteiger charge is 2.23. The topological polar surface area (TPSA) is 47.4 Å². The molecule has 1 aromatic heterocycles. The van der Waals surface area contributed by atoms with Gasteiger partial charge < -0.3 is 14.2 Å². The second-order valence-electron chi connectivity index (χ2n) is 8.14. The number of likely N-dealkylation sites (tertiary alicyclic amines) is 1. The van der Waals surface area contributed by atoms with E-state index in [4.69, 9.17) is 4.74 Å². The number of benzene rings is 2. The van der Waals surface area contributed by atoms with Crippen molar-refractivity contribution in [3.05, 3.63) is 94.6 Å². The van der Waals surface area contributed by atoms with Crippen molar-refractivity contribution < 1.29 is 9.53 Å². The fourth-order valence-corrected chi connectivity index (χ4v) is 4.34. The van der Waals surface area contributed by atoms with Crippen LogP contribution in [0.5, 0.6) is 0 Å². The molecule has 0 unspecified atom stereocenters. The van der Waals surface area contributed by atoms with Crippen molar-refractivity contribution in [2.24, 2.45) is 0 Å². The summed E-state index contributed by atoms with van der Waals surface area (Å²) < 4.78 is 7.23. The van der Waals surface area contributed by atoms with E-state index in [-0.39, 0.29) is 12.7 Å². The monoisotopic (exact) mass is 411 g/mol. The molecular formula is C26H25N3O2. The summed E-state index contributed by atoms with van der Waals surface area (Å²) in [5, 5.41) is 0. The number of aromatic nitrogens is 2. The molecule has 5 rings (SSSR count). The van der Waals surface area contributed by atoms with Gasteiger partial charge in [0, 0.05) is 25.5 Å². The average molecular weight is 412 g/mol. The lowest BCUT2D eigenvalue weighted by Crippen LogP contribution is -2.27. The third-order valence-corrected chi connectivity index (χ3v) is 6.08. The maximum atomic E-state index is 12.8. The first-order valence-corrected chi connectivity index (χ1v) is 10.6. The van der Waals surface area contributed by atoms with Crippen molar-refractivity contribution in [2.45, 2.75) is 19.6 Å². The molecule has 1 aliphatic heterocycles. The molecule has 2 heterocycles. The Bertz CT molecular complexity index is 1170. The summed E-state index contributed by atoms with van der Waals surface area (Å²) in [4.78, 5) is 19.1. The first-order valence-electron chi connectivity index (χ1n) is 10.6. The van der Waals surface area contributed by atoms with Crippen LogP contribution in [-0.4, -0.2) is 40.6 Å². The molecule has 156 valence electrons. The lowest BCUT2D eigenvalue weighted by Gasteiger charge is -2.27. The molecule has 2 aliphatic rings. The van der Waals surface area contributed by atoms with E-state index in [1.165, 1.54) is 22.3 Å². The van der Waals surface area contributed by atoms with E-state index in [0.717, 1.165) is 37.1 Å². The van der Waals surface area contributed by atoms with Gasteiger partial charge in [0.25, 0.3) is 0 Å². The van der Waals surface area contributed by atoms with Gasteiger partial charge in [-0.1, -0.05) is 48.1 Å². The molecular weight excluding hydrogens is 386 g/mol. The largest absolute Gasteiger partial charge is 0.440 e. The molecule has 5 nitrogen and oxygen atoms in total. The fraction of sp³-hybridized carbons (Fsp3) is 0.231. The van der Waals surface area contributed by atoms with Crippen LogP contribution in [0.2, 0.25) is 0 Å². The Labute approximate surface area is 182 Å². The molecule has 0 atom stereocenters. The summed E-state index contributed by atoms with van der Waals surface area (Å²) in [5.74, 6) is -0.328. The van der Waals surface area contributed by atoms with Crippen molar-refractivity contribution in [3.8, 4) is 0 Å². The maximum Gasteiger partial charge on any atom is 0.339 e. The summed E-state index contributed by atoms with van der Waals surface area (Å²) in [7, 11) is 2.17. The first kappa shape index (κ1) is 19.5. The van der Waals surface area contributed by atoms with E-state index in [1.807, 2.05) is 18.2 Å². The van der Waals surface area contributed by atoms with Gasteiger partial charge in [0.1, 0.15) is 0 Å². The molecule has 1 fully saturated rings. The normalized spacial score (nSPS) is 15.9. The molecule has 0 saturated carbocycles. The maximum absolute atomic E-state index is 12.8. The van der Waals surface area contributed by atoms with E-state index in [1.54, 1.807) is 23.3 Å². The molecule has 0 bridgehead atoms. The van der Waals surface area contributed by atoms with E-state index < -0.39 is 0 Å². The predicted octanol–water partition coefficient (Wildman–Crippen LogP) is 4.71. The van der Waals surface area contributed by atoms with Gasteiger partial charge >= 0.3 is 5.97 Å². The van der Waals surface area contributed by atoms with Crippen LogP contribution in [0.3, 0.4) is 0 Å². The molecule has 2 aromatic carbocycles. The SMILES string of the molecule is CN1CCC(=C2c3ccccc3C=Cc3ccc(C(=O)OCn4ccnc4)cc32)CC1. The third-order valence-electron chi connectivity index (χ3n) is 6.08. The number of hydrogen-bond donors (Lipinski definition) is 0. The number of esters is 1. The third kappa shape index (κ3) is 3.97. The number of ether oxygens (including phenoxy) is 1. The highest BCUT2D eigenvalue weighted by atomic mass is 16.5. The predicted molar refractivity (Wildman–Crippen MR) is 122 cm³/mol. The van der Waals surface area contributed by atoms with Crippen LogP contribution in [0.1, 0.15) is 45.5 Å². The number of piperidine rings is 1. The number of carbonyl (C=O) groups is 1. The van der Waals surface area contributed by atoms with Crippen LogP contribution in [-0.2, 0) is 11.5 Å². The van der Waals surface area contributed by atoms with Gasteiger partial charge in [-0.15, -0.1) is 0 Å². The number of nitrogens with zero attached hydrogens (tertiary/aromatic N) is 3. The fourth-order valence-electron chi connectivity index (χ4n) is 4.34. The van der Waals surface area contributed by atoms with Crippen LogP contribution in [0.4, 0.5) is 0 Å². The van der Waals surface area contributed by atoms with Crippen LogP contribution in [0.15, 0.2) is 66.8 Å². The summed E-state index contributed by atoms with van der Waals surface area (Å²) in [5.41, 5.74) is 7.98. The molecule has 0 amide bonds. The minimum atomic E-state index is -0.328. The Morgan fingerprint density at radius 1 is 1.03 bits per heavy atom. The zero-order valence-corrected chi connectivity index (χ0v) is 17.6. The smallest absolute Gasteiger partial charge is 0.339 e. The highest BCUT2D eigenvalue weighted by molar-refractivity contribution is 5.98. The number of carbonyl (C=O) groups excluding carboxylic acids is 1. The lowest BCUT2D eigenvalue weighted by molar-refractivity contribution is 0.0372. The van der Waals surface area contributed by atoms with Crippen molar-refractivity contribution in [2.75, 3.05) is 20.1 Å². The second-order valence-corrected chi connectivity index (χ2v) is 8.14. The zero-order valence-electron chi connectivity index (χ0n) is 17.6. The lowest BCUT2D eigenvalue weighted by atomic mass is 9.85. The Hall–Kier alpha value is -3.44. The minimum Gasteiger partial charge on any atom is -0.440 e. The van der Waals surface area contributed by atoms with Crippen molar-refractivity contribution in [3.63, 3.8) is 0 Å². The quantitative estimate of drug-likeness (QED) is 0.458. The van der Waals surface area contributed by atoms with Crippen LogP contribution in [0.25, 0.3) is 17.7 Å². The summed E-state index contributed by atoms with van der Waals surface area (Å²) in [6.07, 6.45) is 11.5. The summed E-state index contributed by atoms with van der Waals surface area (Å²) in [6.45, 7) is 2.26. The van der Waals surface area contributed by atoms with Gasteiger partial charge in [0.05, 0.1) is 11.9 Å². The van der Waals surface area contributed by atoms with Crippen molar-refractivity contribution in [1.82, 2.24) is 14.5 Å². The Balaban J connectivity index is 1.56. The van der Waals surface area contributed by atoms with Crippen LogP contribution >= 0.6 is 0 Å². The van der Waals surface area contributed by atoms with Gasteiger partial charge in [-0.05, 0) is 59.8 Å². The van der Waals surface area contributed by atoms with Gasteiger partial charge in [0.15, 0.2) is 6.73 Å². The van der Waals surface area contributed by atoms with Gasteiger partial charge in [-0.25, -0.2) is 9.78 Å². The standard InChI is InChI=1S/C26H25N3O2/c1-28-13-10-21(11-14-28)25-23-5-3-2-4-19(23)6-7-20-8-9-22(16-24(20)25)26(30)31-18-29-15-12-27-17-29/h2-9,12,15-17H,10-11,13-14,18H2,1H3. The van der Waals surface area contributed by atoms with E-state index in [0.29, 0.717) is 5.56 Å². The Morgan fingerprint density at radius 2 is 1.81 bits per heavy atom. The number of imidazole rings is 1. The number of hydrogen-bond acceptors (Lipinski definition) is 4. The first-order chi connectivity index (χ1) is 15.2. The van der Waals surface area contributed by atoms with Gasteiger partial charge in [-0.3, -0.25) is 0 Å². The van der Waals surface area contributed by atoms with Crippen molar-refractivity contribution >= 4 is 23.7 Å². The molecule has 0 N–H and O–H groups in total. The molecule has 1 saturated heterocycles. The second kappa shape index (κ2) is 8.36. The Morgan fingerprint density at radius 3 is 2.58 bits per heavy atom. The number of fused-ring (bicyclic) bond motifs is 2. The molecule has 5 heteroatoms. The summed E-state index contributed by atoms with van der Waals surface area (Å²) >= 11 is 0. The molecule has 1 aliphatic carbocycles. The van der Waals surface area contributed by atoms with E-state index in [2.05, 4.69) is 53.3 Å². The van der Waals surface area contributed by atoms with E-state index >= 15 is 0 Å². The molecule has 0 radical (unpaired) electrons. The average Bonchev–Trinajstić information content (AvgIpc) is 3.26. The van der Waals surface area contributed by atoms with Crippen LogP contribution in [0, 0.1) is 0 Å². The molecule has 0 spiro atoms. The highest BCUT2D eigenvalue weighted by Crippen LogP contribution is 2.39. The Kier molecular flexibility index (Phi) is 5.26. The zero-order chi connectivity index (χ0) is 21.2. The van der Waals surface area contributed by atoms with Crippen molar-refractivity contribution in [1.29, 1.82) is 0 Å². The summed E-state index contributed by atoms with van der Waals surface area (Å²) in [6, 6.07) is 14.4. The van der Waals surface area contributed by atoms with Gasteiger partial charge in [-0.2, -0.15) is 0 Å². The molecule has 31 heavy (non-hydrogen) atoms. The number of rotatable bonds is 3. The molecule has 3 aromatic rings. The van der Waals surface area contributed by atoms with Crippen LogP contribution < -0.4 is 0 Å².